The third-order valence-electron chi connectivity index (χ3n) is 5.36. The number of rotatable bonds is 5. The second-order valence-corrected chi connectivity index (χ2v) is 7.34. The Bertz CT molecular complexity index is 993. The van der Waals surface area contributed by atoms with E-state index in [1.54, 1.807) is 41.8 Å². The summed E-state index contributed by atoms with van der Waals surface area (Å²) in [5.41, 5.74) is 2.67. The highest BCUT2D eigenvalue weighted by Gasteiger charge is 2.20. The monoisotopic (exact) mass is 381 g/mol. The zero-order valence-electron chi connectivity index (χ0n) is 16.0. The van der Waals surface area contributed by atoms with Gasteiger partial charge in [-0.05, 0) is 37.5 Å². The molecule has 6 heteroatoms. The fourth-order valence-electron chi connectivity index (χ4n) is 3.98. The van der Waals surface area contributed by atoms with Gasteiger partial charge in [0.25, 0.3) is 0 Å². The Labute approximate surface area is 163 Å². The molecule has 0 spiro atoms. The van der Waals surface area contributed by atoms with Gasteiger partial charge in [-0.3, -0.25) is 0 Å². The molecule has 1 saturated carbocycles. The van der Waals surface area contributed by atoms with Crippen LogP contribution in [0.3, 0.4) is 0 Å². The van der Waals surface area contributed by atoms with Gasteiger partial charge < -0.3 is 4.74 Å². The maximum Gasteiger partial charge on any atom is 0.357 e. The van der Waals surface area contributed by atoms with Crippen molar-refractivity contribution in [3.8, 4) is 11.3 Å². The Kier molecular flexibility index (Phi) is 5.37. The molecule has 0 saturated heterocycles. The van der Waals surface area contributed by atoms with Crippen molar-refractivity contribution in [2.45, 2.75) is 45.4 Å². The zero-order valence-corrected chi connectivity index (χ0v) is 16.0. The highest BCUT2D eigenvalue weighted by atomic mass is 19.1. The van der Waals surface area contributed by atoms with Crippen molar-refractivity contribution in [2.24, 2.45) is 5.92 Å². The van der Waals surface area contributed by atoms with Crippen molar-refractivity contribution in [3.63, 3.8) is 0 Å². The average Bonchev–Trinajstić information content (AvgIpc) is 3.13. The predicted molar refractivity (Wildman–Crippen MR) is 105 cm³/mol. The minimum Gasteiger partial charge on any atom is -0.461 e. The van der Waals surface area contributed by atoms with Crippen molar-refractivity contribution < 1.29 is 13.9 Å². The van der Waals surface area contributed by atoms with Gasteiger partial charge in [0.2, 0.25) is 0 Å². The molecule has 0 amide bonds. The largest absolute Gasteiger partial charge is 0.461 e. The number of hydrogen-bond donors (Lipinski definition) is 0. The van der Waals surface area contributed by atoms with Crippen LogP contribution in [0.1, 0.15) is 55.2 Å². The van der Waals surface area contributed by atoms with E-state index in [0.717, 1.165) is 12.1 Å². The summed E-state index contributed by atoms with van der Waals surface area (Å²) in [4.78, 5) is 16.7. The first-order valence-electron chi connectivity index (χ1n) is 9.97. The lowest BCUT2D eigenvalue weighted by Crippen LogP contribution is -2.15. The molecule has 146 valence electrons. The predicted octanol–water partition coefficient (Wildman–Crippen LogP) is 4.83. The molecule has 0 unspecified atom stereocenters. The van der Waals surface area contributed by atoms with Gasteiger partial charge in [0.15, 0.2) is 11.3 Å². The van der Waals surface area contributed by atoms with Crippen molar-refractivity contribution >= 4 is 11.6 Å². The fraction of sp³-hybridized carbons (Fsp3) is 0.409. The Morgan fingerprint density at radius 2 is 2.00 bits per heavy atom. The molecule has 1 fully saturated rings. The van der Waals surface area contributed by atoms with Crippen LogP contribution in [0.15, 0.2) is 36.4 Å². The zero-order chi connectivity index (χ0) is 19.5. The second-order valence-electron chi connectivity index (χ2n) is 7.34. The Morgan fingerprint density at radius 3 is 2.75 bits per heavy atom. The topological polar surface area (TPSA) is 56.5 Å². The Morgan fingerprint density at radius 1 is 1.21 bits per heavy atom. The van der Waals surface area contributed by atoms with Crippen molar-refractivity contribution in [2.75, 3.05) is 6.61 Å². The van der Waals surface area contributed by atoms with Crippen LogP contribution in [-0.4, -0.2) is 27.2 Å². The van der Waals surface area contributed by atoms with Crippen LogP contribution in [-0.2, 0) is 11.2 Å². The van der Waals surface area contributed by atoms with Gasteiger partial charge in [-0.1, -0.05) is 44.2 Å². The number of ether oxygens (including phenoxy) is 1. The first-order chi connectivity index (χ1) is 13.7. The molecular weight excluding hydrogens is 357 g/mol. The van der Waals surface area contributed by atoms with Crippen LogP contribution in [0.2, 0.25) is 0 Å². The van der Waals surface area contributed by atoms with E-state index in [1.807, 2.05) is 0 Å². The molecule has 2 heterocycles. The molecular formula is C22H24FN3O2. The van der Waals surface area contributed by atoms with Gasteiger partial charge in [0, 0.05) is 17.3 Å². The van der Waals surface area contributed by atoms with E-state index >= 15 is 0 Å². The second kappa shape index (κ2) is 8.09. The van der Waals surface area contributed by atoms with Crippen LogP contribution in [0, 0.1) is 11.7 Å². The molecule has 1 aliphatic carbocycles. The molecule has 28 heavy (non-hydrogen) atoms. The number of fused-ring (bicyclic) bond motifs is 1. The Balaban J connectivity index is 1.79. The van der Waals surface area contributed by atoms with E-state index in [9.17, 15) is 9.18 Å². The number of benzene rings is 1. The smallest absolute Gasteiger partial charge is 0.357 e. The van der Waals surface area contributed by atoms with Crippen molar-refractivity contribution in [1.29, 1.82) is 0 Å². The summed E-state index contributed by atoms with van der Waals surface area (Å²) in [6, 6.07) is 10.1. The summed E-state index contributed by atoms with van der Waals surface area (Å²) in [6.45, 7) is 2.07. The van der Waals surface area contributed by atoms with E-state index in [4.69, 9.17) is 4.74 Å². The average molecular weight is 381 g/mol. The lowest BCUT2D eigenvalue weighted by molar-refractivity contribution is 0.0519. The summed E-state index contributed by atoms with van der Waals surface area (Å²) >= 11 is 0. The van der Waals surface area contributed by atoms with E-state index < -0.39 is 5.97 Å². The lowest BCUT2D eigenvalue weighted by Gasteiger charge is -2.21. The first kappa shape index (κ1) is 18.6. The number of esters is 1. The minimum absolute atomic E-state index is 0.278. The molecule has 4 rings (SSSR count). The standard InChI is InChI=1S/C22H24FN3O2/c1-2-28-22(27)20-13-16(12-15-8-4-3-5-9-15)26-21(24-20)14-19(25-26)17-10-6-7-11-18(17)23/h6-7,10-11,13-15H,2-5,8-9,12H2,1H3. The van der Waals surface area contributed by atoms with Gasteiger partial charge >= 0.3 is 5.97 Å². The molecule has 0 atom stereocenters. The number of nitrogens with zero attached hydrogens (tertiary/aromatic N) is 3. The summed E-state index contributed by atoms with van der Waals surface area (Å²) < 4.78 is 21.1. The van der Waals surface area contributed by atoms with Gasteiger partial charge in [-0.2, -0.15) is 5.10 Å². The number of hydrogen-bond acceptors (Lipinski definition) is 4. The summed E-state index contributed by atoms with van der Waals surface area (Å²) in [5.74, 6) is -0.204. The molecule has 0 radical (unpaired) electrons. The molecule has 0 bridgehead atoms. The number of carbonyl (C=O) groups excluding carboxylic acids is 1. The molecule has 0 N–H and O–H groups in total. The SMILES string of the molecule is CCOC(=O)c1cc(CC2CCCCC2)n2nc(-c3ccccc3F)cc2n1. The van der Waals surface area contributed by atoms with Gasteiger partial charge in [-0.25, -0.2) is 18.7 Å². The molecule has 3 aromatic rings. The number of carbonyl (C=O) groups is 1. The van der Waals surface area contributed by atoms with E-state index in [2.05, 4.69) is 10.1 Å². The Hall–Kier alpha value is -2.76. The maximum atomic E-state index is 14.2. The van der Waals surface area contributed by atoms with Crippen LogP contribution < -0.4 is 0 Å². The highest BCUT2D eigenvalue weighted by Crippen LogP contribution is 2.28. The van der Waals surface area contributed by atoms with Gasteiger partial charge in [0.05, 0.1) is 12.3 Å². The third-order valence-corrected chi connectivity index (χ3v) is 5.36. The van der Waals surface area contributed by atoms with Gasteiger partial charge in [0.1, 0.15) is 5.82 Å². The molecule has 0 aliphatic heterocycles. The maximum absolute atomic E-state index is 14.2. The van der Waals surface area contributed by atoms with Crippen LogP contribution in [0.5, 0.6) is 0 Å². The first-order valence-corrected chi connectivity index (χ1v) is 9.97. The molecule has 2 aromatic heterocycles. The fourth-order valence-corrected chi connectivity index (χ4v) is 3.98. The summed E-state index contributed by atoms with van der Waals surface area (Å²) in [6.07, 6.45) is 6.95. The van der Waals surface area contributed by atoms with Crippen LogP contribution in [0.25, 0.3) is 16.9 Å². The van der Waals surface area contributed by atoms with Crippen molar-refractivity contribution in [3.05, 3.63) is 53.6 Å². The molecule has 1 aromatic carbocycles. The van der Waals surface area contributed by atoms with Crippen molar-refractivity contribution in [1.82, 2.24) is 14.6 Å². The van der Waals surface area contributed by atoms with Crippen LogP contribution in [0.4, 0.5) is 4.39 Å². The molecule has 5 nitrogen and oxygen atoms in total. The number of aromatic nitrogens is 3. The minimum atomic E-state index is -0.441. The normalized spacial score (nSPS) is 15.1. The quantitative estimate of drug-likeness (QED) is 0.594. The van der Waals surface area contributed by atoms with E-state index in [0.29, 0.717) is 29.4 Å². The van der Waals surface area contributed by atoms with Crippen LogP contribution >= 0.6 is 0 Å². The number of halogens is 1. The highest BCUT2D eigenvalue weighted by molar-refractivity contribution is 5.88. The summed E-state index contributed by atoms with van der Waals surface area (Å²) in [7, 11) is 0. The summed E-state index contributed by atoms with van der Waals surface area (Å²) in [5, 5.41) is 4.62. The van der Waals surface area contributed by atoms with Gasteiger partial charge in [-0.15, -0.1) is 0 Å². The third kappa shape index (κ3) is 3.77. The molecule has 1 aliphatic rings. The lowest BCUT2D eigenvalue weighted by atomic mass is 9.86. The van der Waals surface area contributed by atoms with E-state index in [-0.39, 0.29) is 11.5 Å². The van der Waals surface area contributed by atoms with E-state index in [1.165, 1.54) is 38.2 Å².